The molecule has 3 aromatic rings. The van der Waals surface area contributed by atoms with Crippen molar-refractivity contribution in [3.8, 4) is 0 Å². The number of nitrogens with one attached hydrogen (secondary N) is 2. The van der Waals surface area contributed by atoms with Crippen molar-refractivity contribution in [3.05, 3.63) is 65.4 Å². The highest BCUT2D eigenvalue weighted by Crippen LogP contribution is 2.24. The van der Waals surface area contributed by atoms with Gasteiger partial charge in [0.05, 0.1) is 36.6 Å². The van der Waals surface area contributed by atoms with Crippen LogP contribution in [0.5, 0.6) is 0 Å². The minimum atomic E-state index is -0.674. The van der Waals surface area contributed by atoms with Crippen molar-refractivity contribution >= 4 is 40.2 Å². The summed E-state index contributed by atoms with van der Waals surface area (Å²) in [6.45, 7) is 0. The van der Waals surface area contributed by atoms with Crippen molar-refractivity contribution in [3.63, 3.8) is 0 Å². The Morgan fingerprint density at radius 3 is 2.18 bits per heavy atom. The van der Waals surface area contributed by atoms with Gasteiger partial charge in [0.25, 0.3) is 11.7 Å². The van der Waals surface area contributed by atoms with E-state index in [4.69, 9.17) is 0 Å². The summed E-state index contributed by atoms with van der Waals surface area (Å²) in [4.78, 5) is 47.7. The fraction of sp³-hybridized carbons (Fsp3) is 0.100. The largest absolute Gasteiger partial charge is 0.465 e. The number of methoxy groups -OCH3 is 2. The number of ketones is 1. The summed E-state index contributed by atoms with van der Waals surface area (Å²) >= 11 is 0. The molecule has 8 nitrogen and oxygen atoms in total. The average molecular weight is 380 g/mol. The second-order valence-electron chi connectivity index (χ2n) is 5.81. The van der Waals surface area contributed by atoms with E-state index in [9.17, 15) is 19.2 Å². The van der Waals surface area contributed by atoms with Gasteiger partial charge in [-0.3, -0.25) is 9.59 Å². The lowest BCUT2D eigenvalue weighted by molar-refractivity contribution is -0.112. The summed E-state index contributed by atoms with van der Waals surface area (Å²) in [5.74, 6) is -2.14. The lowest BCUT2D eigenvalue weighted by Crippen LogP contribution is -2.12. The van der Waals surface area contributed by atoms with Crippen LogP contribution in [0, 0.1) is 0 Å². The summed E-state index contributed by atoms with van der Waals surface area (Å²) in [6.07, 6.45) is 1.84. The number of aromatic amines is 1. The number of amides is 1. The van der Waals surface area contributed by atoms with Crippen LogP contribution in [0.15, 0.2) is 48.7 Å². The molecule has 8 heteroatoms. The molecule has 2 heterocycles. The summed E-state index contributed by atoms with van der Waals surface area (Å²) in [7, 11) is 2.63. The third-order valence-electron chi connectivity index (χ3n) is 4.11. The third kappa shape index (κ3) is 3.61. The molecule has 2 N–H and O–H groups in total. The van der Waals surface area contributed by atoms with Crippen LogP contribution < -0.4 is 5.32 Å². The van der Waals surface area contributed by atoms with E-state index in [1.165, 1.54) is 32.4 Å². The number of hydrogen-bond acceptors (Lipinski definition) is 6. The fourth-order valence-corrected chi connectivity index (χ4v) is 2.69. The van der Waals surface area contributed by atoms with Crippen LogP contribution in [0.4, 0.5) is 5.69 Å². The smallest absolute Gasteiger partial charge is 0.337 e. The Kier molecular flexibility index (Phi) is 5.21. The zero-order valence-electron chi connectivity index (χ0n) is 15.1. The minimum absolute atomic E-state index is 0.211. The third-order valence-corrected chi connectivity index (χ3v) is 4.11. The van der Waals surface area contributed by atoms with E-state index >= 15 is 0 Å². The first-order chi connectivity index (χ1) is 13.4. The standard InChI is InChI=1S/C10H7NO4.C10H9NO2/c1-15-10(14)5-2-3-7-6(4-5)8(12)9(13)11-7;1-13-10(12)8-2-3-9-7(6-8)4-5-11-9/h2-4H,1H3,(H,11,12,13);2-6,11H,1H3. The first-order valence-corrected chi connectivity index (χ1v) is 8.18. The van der Waals surface area contributed by atoms with Gasteiger partial charge >= 0.3 is 11.9 Å². The molecule has 4 rings (SSSR count). The number of esters is 2. The predicted molar refractivity (Wildman–Crippen MR) is 100 cm³/mol. The van der Waals surface area contributed by atoms with Crippen LogP contribution in [-0.2, 0) is 14.3 Å². The van der Waals surface area contributed by atoms with E-state index in [0.29, 0.717) is 11.3 Å². The van der Waals surface area contributed by atoms with E-state index in [0.717, 1.165) is 10.9 Å². The number of aromatic nitrogens is 1. The lowest BCUT2D eigenvalue weighted by Gasteiger charge is -2.00. The Morgan fingerprint density at radius 1 is 0.857 bits per heavy atom. The number of carbonyl (C=O) groups is 4. The predicted octanol–water partition coefficient (Wildman–Crippen LogP) is 2.56. The monoisotopic (exact) mass is 380 g/mol. The van der Waals surface area contributed by atoms with E-state index in [-0.39, 0.29) is 17.1 Å². The van der Waals surface area contributed by atoms with Crippen molar-refractivity contribution in [2.24, 2.45) is 0 Å². The normalized spacial score (nSPS) is 11.9. The van der Waals surface area contributed by atoms with E-state index < -0.39 is 17.7 Å². The molecule has 28 heavy (non-hydrogen) atoms. The van der Waals surface area contributed by atoms with Crippen molar-refractivity contribution in [1.82, 2.24) is 4.98 Å². The number of Topliss-reactive ketones (excluding diaryl/α,β-unsaturated/α-hetero) is 1. The number of carbonyl (C=O) groups excluding carboxylic acids is 4. The first-order valence-electron chi connectivity index (χ1n) is 8.18. The number of hydrogen-bond donors (Lipinski definition) is 2. The van der Waals surface area contributed by atoms with Gasteiger partial charge in [0.2, 0.25) is 0 Å². The maximum Gasteiger partial charge on any atom is 0.337 e. The van der Waals surface area contributed by atoms with Gasteiger partial charge in [0.1, 0.15) is 0 Å². The zero-order chi connectivity index (χ0) is 20.3. The van der Waals surface area contributed by atoms with Crippen LogP contribution in [0.3, 0.4) is 0 Å². The first kappa shape index (κ1) is 18.8. The number of anilines is 1. The van der Waals surface area contributed by atoms with E-state index in [1.54, 1.807) is 12.1 Å². The summed E-state index contributed by atoms with van der Waals surface area (Å²) in [5, 5.41) is 3.41. The number of rotatable bonds is 2. The van der Waals surface area contributed by atoms with Crippen LogP contribution in [-0.4, -0.2) is 42.8 Å². The van der Waals surface area contributed by atoms with Crippen molar-refractivity contribution in [1.29, 1.82) is 0 Å². The second-order valence-corrected chi connectivity index (χ2v) is 5.81. The van der Waals surface area contributed by atoms with Crippen LogP contribution in [0.1, 0.15) is 31.1 Å². The number of ether oxygens (including phenoxy) is 2. The molecule has 0 fully saturated rings. The van der Waals surface area contributed by atoms with Crippen molar-refractivity contribution in [2.75, 3.05) is 19.5 Å². The van der Waals surface area contributed by atoms with Gasteiger partial charge < -0.3 is 19.8 Å². The van der Waals surface area contributed by atoms with Crippen LogP contribution in [0.25, 0.3) is 10.9 Å². The highest BCUT2D eigenvalue weighted by atomic mass is 16.5. The Labute approximate surface area is 159 Å². The zero-order valence-corrected chi connectivity index (χ0v) is 15.1. The molecule has 0 saturated carbocycles. The molecule has 0 spiro atoms. The molecular weight excluding hydrogens is 364 g/mol. The molecule has 1 aliphatic rings. The quantitative estimate of drug-likeness (QED) is 0.522. The Morgan fingerprint density at radius 2 is 1.50 bits per heavy atom. The topological polar surface area (TPSA) is 115 Å². The van der Waals surface area contributed by atoms with E-state index in [1.807, 2.05) is 18.3 Å². The Hall–Kier alpha value is -3.94. The van der Waals surface area contributed by atoms with Gasteiger partial charge in [-0.2, -0.15) is 0 Å². The van der Waals surface area contributed by atoms with Crippen molar-refractivity contribution < 1.29 is 28.7 Å². The molecule has 1 aromatic heterocycles. The molecule has 0 aliphatic carbocycles. The van der Waals surface area contributed by atoms with Gasteiger partial charge in [-0.25, -0.2) is 9.59 Å². The van der Waals surface area contributed by atoms with Gasteiger partial charge in [-0.05, 0) is 42.5 Å². The SMILES string of the molecule is COC(=O)c1ccc2[nH]ccc2c1.COC(=O)c1ccc2c(c1)C(=O)C(=O)N2. The van der Waals surface area contributed by atoms with Gasteiger partial charge in [0, 0.05) is 17.1 Å². The highest BCUT2D eigenvalue weighted by Gasteiger charge is 2.28. The second kappa shape index (κ2) is 7.75. The summed E-state index contributed by atoms with van der Waals surface area (Å²) in [6, 6.07) is 11.7. The van der Waals surface area contributed by atoms with Crippen LogP contribution >= 0.6 is 0 Å². The van der Waals surface area contributed by atoms with Gasteiger partial charge in [-0.15, -0.1) is 0 Å². The van der Waals surface area contributed by atoms with Crippen molar-refractivity contribution in [2.45, 2.75) is 0 Å². The average Bonchev–Trinajstić information content (AvgIpc) is 3.30. The molecule has 0 saturated heterocycles. The maximum absolute atomic E-state index is 11.3. The molecular formula is C20H16N2O6. The molecule has 0 unspecified atom stereocenters. The molecule has 0 atom stereocenters. The fourth-order valence-electron chi connectivity index (χ4n) is 2.69. The van der Waals surface area contributed by atoms with Gasteiger partial charge in [0.15, 0.2) is 0 Å². The molecule has 1 amide bonds. The van der Waals surface area contributed by atoms with Crippen LogP contribution in [0.2, 0.25) is 0 Å². The van der Waals surface area contributed by atoms with E-state index in [2.05, 4.69) is 19.8 Å². The number of benzene rings is 2. The Balaban J connectivity index is 0.000000162. The molecule has 2 aromatic carbocycles. The molecule has 0 radical (unpaired) electrons. The highest BCUT2D eigenvalue weighted by molar-refractivity contribution is 6.51. The maximum atomic E-state index is 11.3. The Bertz CT molecular complexity index is 1100. The molecule has 142 valence electrons. The summed E-state index contributed by atoms with van der Waals surface area (Å²) in [5.41, 5.74) is 2.49. The molecule has 1 aliphatic heterocycles. The summed E-state index contributed by atoms with van der Waals surface area (Å²) < 4.78 is 9.12. The minimum Gasteiger partial charge on any atom is -0.465 e. The van der Waals surface area contributed by atoms with Gasteiger partial charge in [-0.1, -0.05) is 0 Å². The molecule has 0 bridgehead atoms. The number of H-pyrrole nitrogens is 1. The lowest BCUT2D eigenvalue weighted by atomic mass is 10.1. The number of fused-ring (bicyclic) bond motifs is 2.